The molecule has 0 aliphatic rings. The van der Waals surface area contributed by atoms with Crippen LogP contribution in [0.2, 0.25) is 0 Å². The molecule has 0 aromatic heterocycles. The molecule has 0 radical (unpaired) electrons. The van der Waals surface area contributed by atoms with Crippen molar-refractivity contribution in [3.05, 3.63) is 39.9 Å². The minimum atomic E-state index is -0.440. The minimum absolute atomic E-state index is 0.0655. The summed E-state index contributed by atoms with van der Waals surface area (Å²) in [5, 5.41) is 13.1. The summed E-state index contributed by atoms with van der Waals surface area (Å²) in [5.74, 6) is 8.07. The molecule has 0 fully saturated rings. The van der Waals surface area contributed by atoms with Crippen molar-refractivity contribution in [2.24, 2.45) is 0 Å². The van der Waals surface area contributed by atoms with Gasteiger partial charge in [0.2, 0.25) is 0 Å². The maximum atomic E-state index is 10.4. The summed E-state index contributed by atoms with van der Waals surface area (Å²) in [6.45, 7) is 0. The molecule has 0 unspecified atom stereocenters. The molecule has 0 spiro atoms. The van der Waals surface area contributed by atoms with Gasteiger partial charge in [0.1, 0.15) is 0 Å². The van der Waals surface area contributed by atoms with Crippen LogP contribution in [-0.2, 0) is 0 Å². The normalized spacial score (nSPS) is 8.07. The Kier molecular flexibility index (Phi) is 4.28. The van der Waals surface area contributed by atoms with Gasteiger partial charge in [-0.2, -0.15) is 0 Å². The smallest absolute Gasteiger partial charge is 0.258 e. The number of nitro groups is 1. The van der Waals surface area contributed by atoms with Crippen molar-refractivity contribution in [2.75, 3.05) is 6.26 Å². The average Bonchev–Trinajstić information content (AvgIpc) is 2.25. The molecular weight excluding hydrogens is 210 g/mol. The van der Waals surface area contributed by atoms with Gasteiger partial charge in [0.25, 0.3) is 5.69 Å². The highest BCUT2D eigenvalue weighted by molar-refractivity contribution is 8.03. The molecule has 15 heavy (non-hydrogen) atoms. The van der Waals surface area contributed by atoms with Gasteiger partial charge in [0.15, 0.2) is 0 Å². The molecule has 0 N–H and O–H groups in total. The Balaban J connectivity index is 2.79. The Hall–Kier alpha value is -1.91. The first-order chi connectivity index (χ1) is 7.24. The topological polar surface area (TPSA) is 43.1 Å². The Bertz CT molecular complexity index is 471. The molecule has 0 amide bonds. The second kappa shape index (κ2) is 5.74. The van der Waals surface area contributed by atoms with Gasteiger partial charge in [-0.05, 0) is 35.5 Å². The molecule has 1 aromatic rings. The monoisotopic (exact) mass is 217 g/mol. The van der Waals surface area contributed by atoms with Crippen LogP contribution < -0.4 is 0 Å². The molecule has 0 saturated heterocycles. The second-order valence-electron chi connectivity index (χ2n) is 2.49. The maximum Gasteiger partial charge on any atom is 0.269 e. The molecule has 1 rings (SSSR count). The first-order valence-corrected chi connectivity index (χ1v) is 5.25. The fourth-order valence-electron chi connectivity index (χ4n) is 0.846. The lowest BCUT2D eigenvalue weighted by atomic mass is 10.2. The van der Waals surface area contributed by atoms with Gasteiger partial charge >= 0.3 is 0 Å². The van der Waals surface area contributed by atoms with Gasteiger partial charge in [-0.25, -0.2) is 0 Å². The molecule has 0 atom stereocenters. The van der Waals surface area contributed by atoms with Crippen molar-refractivity contribution in [3.8, 4) is 23.0 Å². The molecule has 0 aliphatic carbocycles. The van der Waals surface area contributed by atoms with Gasteiger partial charge in [0, 0.05) is 17.7 Å². The molecule has 0 heterocycles. The van der Waals surface area contributed by atoms with Crippen molar-refractivity contribution < 1.29 is 4.92 Å². The van der Waals surface area contributed by atoms with Crippen molar-refractivity contribution >= 4 is 17.4 Å². The van der Waals surface area contributed by atoms with Crippen molar-refractivity contribution in [2.45, 2.75) is 0 Å². The third kappa shape index (κ3) is 3.76. The standard InChI is InChI=1S/C11H7NO2S/c1-15-9-3-2-4-10-5-7-11(8-6-10)12(13)14/h5-8H,1H3. The van der Waals surface area contributed by atoms with Crippen LogP contribution in [0.5, 0.6) is 0 Å². The number of rotatable bonds is 1. The largest absolute Gasteiger partial charge is 0.269 e. The van der Waals surface area contributed by atoms with E-state index in [0.29, 0.717) is 0 Å². The summed E-state index contributed by atoms with van der Waals surface area (Å²) in [7, 11) is 0. The fraction of sp³-hybridized carbons (Fsp3) is 0.0909. The minimum Gasteiger partial charge on any atom is -0.258 e. The van der Waals surface area contributed by atoms with Crippen LogP contribution in [0.3, 0.4) is 0 Å². The van der Waals surface area contributed by atoms with Crippen LogP contribution >= 0.6 is 11.8 Å². The van der Waals surface area contributed by atoms with Gasteiger partial charge in [0.05, 0.1) is 4.92 Å². The summed E-state index contributed by atoms with van der Waals surface area (Å²) in [5.41, 5.74) is 0.784. The summed E-state index contributed by atoms with van der Waals surface area (Å²) in [6, 6.07) is 6.05. The highest BCUT2D eigenvalue weighted by Gasteiger charge is 2.01. The number of nitrogens with zero attached hydrogens (tertiary/aromatic N) is 1. The second-order valence-corrected chi connectivity index (χ2v) is 3.10. The van der Waals surface area contributed by atoms with Crippen molar-refractivity contribution in [1.29, 1.82) is 0 Å². The van der Waals surface area contributed by atoms with E-state index in [4.69, 9.17) is 0 Å². The third-order valence-electron chi connectivity index (χ3n) is 1.50. The van der Waals surface area contributed by atoms with Crippen LogP contribution in [0.4, 0.5) is 5.69 Å². The Labute approximate surface area is 92.0 Å². The molecule has 4 heteroatoms. The van der Waals surface area contributed by atoms with E-state index in [2.05, 4.69) is 23.0 Å². The van der Waals surface area contributed by atoms with Crippen LogP contribution in [0.15, 0.2) is 24.3 Å². The number of thioether (sulfide) groups is 1. The molecule has 0 saturated carbocycles. The molecule has 3 nitrogen and oxygen atoms in total. The Morgan fingerprint density at radius 2 is 1.93 bits per heavy atom. The van der Waals surface area contributed by atoms with Crippen molar-refractivity contribution in [3.63, 3.8) is 0 Å². The zero-order valence-electron chi connectivity index (χ0n) is 7.98. The molecule has 0 aliphatic heterocycles. The Morgan fingerprint density at radius 1 is 1.27 bits per heavy atom. The number of non-ortho nitro benzene ring substituents is 1. The third-order valence-corrected chi connectivity index (χ3v) is 1.81. The number of hydrogen-bond donors (Lipinski definition) is 0. The molecular formula is C11H7NO2S. The maximum absolute atomic E-state index is 10.4. The molecule has 0 bridgehead atoms. The highest BCUT2D eigenvalue weighted by atomic mass is 32.2. The summed E-state index contributed by atoms with van der Waals surface area (Å²) < 4.78 is 0. The zero-order valence-corrected chi connectivity index (χ0v) is 8.80. The van der Waals surface area contributed by atoms with Crippen molar-refractivity contribution in [1.82, 2.24) is 0 Å². The van der Waals surface area contributed by atoms with Gasteiger partial charge in [-0.15, -0.1) is 0 Å². The number of hydrogen-bond acceptors (Lipinski definition) is 3. The average molecular weight is 217 g/mol. The first kappa shape index (κ1) is 11.2. The Morgan fingerprint density at radius 3 is 2.47 bits per heavy atom. The van der Waals surface area contributed by atoms with Crippen LogP contribution in [0, 0.1) is 33.1 Å². The predicted molar refractivity (Wildman–Crippen MR) is 61.3 cm³/mol. The van der Waals surface area contributed by atoms with E-state index in [1.54, 1.807) is 12.1 Å². The number of benzene rings is 1. The molecule has 1 aromatic carbocycles. The van der Waals surface area contributed by atoms with Gasteiger partial charge in [-0.3, -0.25) is 10.1 Å². The first-order valence-electron chi connectivity index (χ1n) is 4.02. The van der Waals surface area contributed by atoms with E-state index in [1.165, 1.54) is 23.9 Å². The van der Waals surface area contributed by atoms with E-state index in [9.17, 15) is 10.1 Å². The quantitative estimate of drug-likeness (QED) is 0.411. The zero-order chi connectivity index (χ0) is 11.1. The summed E-state index contributed by atoms with van der Waals surface area (Å²) in [4.78, 5) is 9.92. The fourth-order valence-corrected chi connectivity index (χ4v) is 1.000. The van der Waals surface area contributed by atoms with Gasteiger partial charge in [-0.1, -0.05) is 17.7 Å². The van der Waals surface area contributed by atoms with Gasteiger partial charge < -0.3 is 0 Å². The van der Waals surface area contributed by atoms with Crippen LogP contribution in [0.1, 0.15) is 5.56 Å². The highest BCUT2D eigenvalue weighted by Crippen LogP contribution is 2.10. The van der Waals surface area contributed by atoms with Crippen LogP contribution in [0.25, 0.3) is 0 Å². The summed E-state index contributed by atoms with van der Waals surface area (Å²) in [6.07, 6.45) is 1.86. The van der Waals surface area contributed by atoms with E-state index in [-0.39, 0.29) is 5.69 Å². The lowest BCUT2D eigenvalue weighted by molar-refractivity contribution is -0.384. The number of nitro benzene ring substituents is 1. The van der Waals surface area contributed by atoms with E-state index < -0.39 is 4.92 Å². The van der Waals surface area contributed by atoms with Crippen LogP contribution in [-0.4, -0.2) is 11.2 Å². The lowest BCUT2D eigenvalue weighted by Gasteiger charge is -1.90. The van der Waals surface area contributed by atoms with E-state index >= 15 is 0 Å². The van der Waals surface area contributed by atoms with E-state index in [1.807, 2.05) is 6.26 Å². The SMILES string of the molecule is CSC#CC#Cc1ccc([N+](=O)[O-])cc1. The summed E-state index contributed by atoms with van der Waals surface area (Å²) >= 11 is 1.39. The van der Waals surface area contributed by atoms with E-state index in [0.717, 1.165) is 5.56 Å². The predicted octanol–water partition coefficient (Wildman–Crippen LogP) is 2.27. The lowest BCUT2D eigenvalue weighted by Crippen LogP contribution is -1.86. The molecule has 74 valence electrons.